The molecular weight excluding hydrogens is 390 g/mol. The highest BCUT2D eigenvalue weighted by atomic mass is 16.2. The second-order valence-corrected chi connectivity index (χ2v) is 7.83. The van der Waals surface area contributed by atoms with E-state index >= 15 is 0 Å². The Bertz CT molecular complexity index is 1310. The Kier molecular flexibility index (Phi) is 5.27. The third kappa shape index (κ3) is 3.57. The smallest absolute Gasteiger partial charge is 0.263 e. The Hall–Kier alpha value is -4.17. The summed E-state index contributed by atoms with van der Waals surface area (Å²) >= 11 is 0. The van der Waals surface area contributed by atoms with Gasteiger partial charge in [0.25, 0.3) is 5.91 Å². The molecule has 0 aromatic heterocycles. The van der Waals surface area contributed by atoms with E-state index in [1.165, 1.54) is 0 Å². The molecule has 2 aliphatic rings. The van der Waals surface area contributed by atoms with Crippen LogP contribution in [-0.2, 0) is 4.79 Å². The van der Waals surface area contributed by atoms with Crippen molar-refractivity contribution in [1.82, 2.24) is 4.90 Å². The number of hydrogen-bond acceptors (Lipinski definition) is 1. The number of amides is 1. The molecule has 2 aliphatic heterocycles. The van der Waals surface area contributed by atoms with Crippen LogP contribution in [0.3, 0.4) is 0 Å². The van der Waals surface area contributed by atoms with Crippen molar-refractivity contribution in [2.45, 2.75) is 6.92 Å². The van der Waals surface area contributed by atoms with Gasteiger partial charge in [-0.3, -0.25) is 9.69 Å². The molecule has 2 heterocycles. The molecule has 0 spiro atoms. The summed E-state index contributed by atoms with van der Waals surface area (Å²) in [5.74, 6) is -0.0339. The molecule has 0 bridgehead atoms. The minimum atomic E-state index is -0.0339. The highest BCUT2D eigenvalue weighted by Gasteiger charge is 2.28. The van der Waals surface area contributed by atoms with Crippen molar-refractivity contribution in [3.8, 4) is 0 Å². The number of carbonyl (C=O) groups excluding carboxylic acids is 1. The van der Waals surface area contributed by atoms with Crippen molar-refractivity contribution in [3.63, 3.8) is 0 Å². The molecule has 32 heavy (non-hydrogen) atoms. The molecule has 0 saturated carbocycles. The van der Waals surface area contributed by atoms with Gasteiger partial charge in [0.1, 0.15) is 0 Å². The molecule has 0 atom stereocenters. The fourth-order valence-electron chi connectivity index (χ4n) is 4.27. The van der Waals surface area contributed by atoms with Gasteiger partial charge in [0.15, 0.2) is 0 Å². The predicted octanol–water partition coefficient (Wildman–Crippen LogP) is 6.88. The maximum atomic E-state index is 14.0. The molecule has 0 aliphatic carbocycles. The first-order chi connectivity index (χ1) is 15.7. The molecule has 154 valence electrons. The Morgan fingerprint density at radius 2 is 1.22 bits per heavy atom. The lowest BCUT2D eigenvalue weighted by molar-refractivity contribution is -0.121. The highest BCUT2D eigenvalue weighted by molar-refractivity contribution is 6.30. The predicted molar refractivity (Wildman–Crippen MR) is 132 cm³/mol. The van der Waals surface area contributed by atoms with Crippen LogP contribution in [0.1, 0.15) is 23.6 Å². The number of carbonyl (C=O) groups is 1. The van der Waals surface area contributed by atoms with Gasteiger partial charge in [-0.15, -0.1) is 0 Å². The van der Waals surface area contributed by atoms with Crippen molar-refractivity contribution >= 4 is 22.6 Å². The molecular formula is C30H23NO. The quantitative estimate of drug-likeness (QED) is 0.458. The molecule has 3 aromatic carbocycles. The summed E-state index contributed by atoms with van der Waals surface area (Å²) in [6.45, 7) is 2.09. The third-order valence-electron chi connectivity index (χ3n) is 5.87. The van der Waals surface area contributed by atoms with Crippen molar-refractivity contribution in [1.29, 1.82) is 0 Å². The zero-order valence-corrected chi connectivity index (χ0v) is 17.9. The minimum absolute atomic E-state index is 0.0339. The molecule has 0 saturated heterocycles. The van der Waals surface area contributed by atoms with E-state index in [4.69, 9.17) is 0 Å². The number of fused-ring (bicyclic) bond motifs is 1. The summed E-state index contributed by atoms with van der Waals surface area (Å²) in [7, 11) is 0. The van der Waals surface area contributed by atoms with Gasteiger partial charge in [0, 0.05) is 6.20 Å². The van der Waals surface area contributed by atoms with Crippen LogP contribution < -0.4 is 0 Å². The Morgan fingerprint density at radius 3 is 1.84 bits per heavy atom. The van der Waals surface area contributed by atoms with Gasteiger partial charge in [-0.1, -0.05) is 97.1 Å². The summed E-state index contributed by atoms with van der Waals surface area (Å²) in [6, 6.07) is 30.5. The van der Waals surface area contributed by atoms with Crippen LogP contribution in [0.15, 0.2) is 133 Å². The molecule has 3 aromatic rings. The number of benzene rings is 3. The number of rotatable bonds is 3. The first-order valence-electron chi connectivity index (χ1n) is 10.8. The van der Waals surface area contributed by atoms with Gasteiger partial charge >= 0.3 is 0 Å². The Balaban J connectivity index is 1.89. The second-order valence-electron chi connectivity index (χ2n) is 7.83. The summed E-state index contributed by atoms with van der Waals surface area (Å²) in [5, 5.41) is 0. The highest BCUT2D eigenvalue weighted by Crippen LogP contribution is 2.39. The SMILES string of the molecule is CC1=C2\C=CC=CN2C(=O)C(c2ccccc2)=C(c2ccccc2)/C=C\1c1ccccc1. The van der Waals surface area contributed by atoms with Gasteiger partial charge in [-0.25, -0.2) is 0 Å². The maximum absolute atomic E-state index is 14.0. The zero-order valence-electron chi connectivity index (χ0n) is 17.9. The van der Waals surface area contributed by atoms with E-state index in [9.17, 15) is 4.79 Å². The van der Waals surface area contributed by atoms with Crippen molar-refractivity contribution in [3.05, 3.63) is 149 Å². The molecule has 2 nitrogen and oxygen atoms in total. The average Bonchev–Trinajstić information content (AvgIpc) is 2.87. The normalized spacial score (nSPS) is 19.8. The van der Waals surface area contributed by atoms with Crippen molar-refractivity contribution in [2.24, 2.45) is 0 Å². The second kappa shape index (κ2) is 8.52. The van der Waals surface area contributed by atoms with Crippen LogP contribution in [0.5, 0.6) is 0 Å². The molecule has 5 rings (SSSR count). The molecule has 0 fully saturated rings. The molecule has 0 radical (unpaired) electrons. The number of nitrogens with zero attached hydrogens (tertiary/aromatic N) is 1. The van der Waals surface area contributed by atoms with Gasteiger partial charge in [0.05, 0.1) is 11.3 Å². The van der Waals surface area contributed by atoms with E-state index in [2.05, 4.69) is 49.4 Å². The molecule has 0 N–H and O–H groups in total. The van der Waals surface area contributed by atoms with E-state index in [-0.39, 0.29) is 5.91 Å². The van der Waals surface area contributed by atoms with E-state index in [0.29, 0.717) is 5.57 Å². The third-order valence-corrected chi connectivity index (χ3v) is 5.87. The lowest BCUT2D eigenvalue weighted by Gasteiger charge is -2.29. The van der Waals surface area contributed by atoms with Gasteiger partial charge in [0.2, 0.25) is 0 Å². The lowest BCUT2D eigenvalue weighted by atomic mass is 9.86. The summed E-state index contributed by atoms with van der Waals surface area (Å²) in [5.41, 5.74) is 7.71. The standard InChI is InChI=1S/C30H23NO/c1-22-26(23-13-5-2-6-14-23)21-27(24-15-7-3-8-16-24)29(25-17-9-4-10-18-25)30(32)31-20-12-11-19-28(22)31/h2-21H,1H3/b26-21+,28-22-,29-27?. The number of allylic oxidation sites excluding steroid dienone is 7. The van der Waals surface area contributed by atoms with Crippen molar-refractivity contribution < 1.29 is 4.79 Å². The maximum Gasteiger partial charge on any atom is 0.263 e. The van der Waals surface area contributed by atoms with E-state index in [0.717, 1.165) is 39.1 Å². The molecule has 2 heteroatoms. The zero-order chi connectivity index (χ0) is 21.9. The van der Waals surface area contributed by atoms with Gasteiger partial charge in [-0.05, 0) is 58.6 Å². The van der Waals surface area contributed by atoms with Gasteiger partial charge in [-0.2, -0.15) is 0 Å². The Morgan fingerprint density at radius 1 is 0.656 bits per heavy atom. The minimum Gasteiger partial charge on any atom is -0.283 e. The fraction of sp³-hybridized carbons (Fsp3) is 0.0333. The van der Waals surface area contributed by atoms with Crippen LogP contribution in [0.2, 0.25) is 0 Å². The van der Waals surface area contributed by atoms with E-state index in [1.54, 1.807) is 4.90 Å². The van der Waals surface area contributed by atoms with Gasteiger partial charge < -0.3 is 0 Å². The van der Waals surface area contributed by atoms with E-state index in [1.807, 2.05) is 79.0 Å². The topological polar surface area (TPSA) is 20.3 Å². The van der Waals surface area contributed by atoms with Crippen LogP contribution in [0, 0.1) is 0 Å². The first kappa shape index (κ1) is 19.8. The van der Waals surface area contributed by atoms with Crippen LogP contribution in [0.25, 0.3) is 16.7 Å². The number of hydrogen-bond donors (Lipinski definition) is 0. The summed E-state index contributed by atoms with van der Waals surface area (Å²) in [4.78, 5) is 15.8. The summed E-state index contributed by atoms with van der Waals surface area (Å²) in [6.07, 6.45) is 9.95. The van der Waals surface area contributed by atoms with Crippen LogP contribution in [-0.4, -0.2) is 10.8 Å². The lowest BCUT2D eigenvalue weighted by Crippen LogP contribution is -2.29. The van der Waals surface area contributed by atoms with Crippen LogP contribution >= 0.6 is 0 Å². The fourth-order valence-corrected chi connectivity index (χ4v) is 4.27. The Labute approximate surface area is 188 Å². The first-order valence-corrected chi connectivity index (χ1v) is 10.8. The van der Waals surface area contributed by atoms with Crippen molar-refractivity contribution in [2.75, 3.05) is 0 Å². The average molecular weight is 414 g/mol. The van der Waals surface area contributed by atoms with E-state index < -0.39 is 0 Å². The molecule has 0 unspecified atom stereocenters. The van der Waals surface area contributed by atoms with Crippen LogP contribution in [0.4, 0.5) is 0 Å². The largest absolute Gasteiger partial charge is 0.283 e. The summed E-state index contributed by atoms with van der Waals surface area (Å²) < 4.78 is 0. The monoisotopic (exact) mass is 413 g/mol. The molecule has 1 amide bonds.